The van der Waals surface area contributed by atoms with Crippen LogP contribution in [0.2, 0.25) is 0 Å². The van der Waals surface area contributed by atoms with E-state index in [0.717, 1.165) is 42.8 Å². The summed E-state index contributed by atoms with van der Waals surface area (Å²) in [5, 5.41) is 40.6. The third-order valence-electron chi connectivity index (χ3n) is 5.80. The van der Waals surface area contributed by atoms with Crippen LogP contribution in [-0.4, -0.2) is 51.6 Å². The Morgan fingerprint density at radius 3 is 2.79 bits per heavy atom. The number of piperidine rings is 1. The lowest BCUT2D eigenvalue weighted by Gasteiger charge is -2.40. The fourth-order valence-corrected chi connectivity index (χ4v) is 4.36. The third kappa shape index (κ3) is 3.61. The number of nitrogens with one attached hydrogen (secondary N) is 1. The minimum Gasteiger partial charge on any atom is -0.507 e. The summed E-state index contributed by atoms with van der Waals surface area (Å²) in [7, 11) is 0. The molecule has 1 fully saturated rings. The number of nitriles is 1. The molecule has 0 aliphatic carbocycles. The van der Waals surface area contributed by atoms with Crippen LogP contribution in [0.15, 0.2) is 18.2 Å². The minimum atomic E-state index is -0.801. The molecule has 0 bridgehead atoms. The van der Waals surface area contributed by atoms with Crippen LogP contribution in [0, 0.1) is 18.3 Å². The first-order chi connectivity index (χ1) is 14.0. The van der Waals surface area contributed by atoms with Gasteiger partial charge in [-0.05, 0) is 61.9 Å². The molecule has 1 aromatic heterocycles. The highest BCUT2D eigenvalue weighted by molar-refractivity contribution is 5.74. The molecule has 1 aromatic carbocycles. The second kappa shape index (κ2) is 7.68. The van der Waals surface area contributed by atoms with Crippen molar-refractivity contribution in [1.82, 2.24) is 15.5 Å². The second-order valence-electron chi connectivity index (χ2n) is 7.70. The Balaban J connectivity index is 1.62. The number of hydrogen-bond donors (Lipinski definition) is 3. The highest BCUT2D eigenvalue weighted by Gasteiger charge is 2.32. The summed E-state index contributed by atoms with van der Waals surface area (Å²) in [5.41, 5.74) is 3.45. The van der Waals surface area contributed by atoms with Gasteiger partial charge in [-0.15, -0.1) is 10.2 Å². The average molecular weight is 393 g/mol. The fourth-order valence-electron chi connectivity index (χ4n) is 4.36. The number of carboxylic acid groups (broad SMARTS) is 1. The van der Waals surface area contributed by atoms with Gasteiger partial charge >= 0.3 is 5.97 Å². The molecule has 150 valence electrons. The van der Waals surface area contributed by atoms with Gasteiger partial charge < -0.3 is 20.4 Å². The van der Waals surface area contributed by atoms with Crippen LogP contribution >= 0.6 is 0 Å². The van der Waals surface area contributed by atoms with E-state index in [2.05, 4.69) is 20.4 Å². The van der Waals surface area contributed by atoms with Gasteiger partial charge in [-0.25, -0.2) is 0 Å². The van der Waals surface area contributed by atoms with Crippen LogP contribution < -0.4 is 10.2 Å². The van der Waals surface area contributed by atoms with Gasteiger partial charge in [0.1, 0.15) is 11.8 Å². The molecule has 0 radical (unpaired) electrons. The van der Waals surface area contributed by atoms with Gasteiger partial charge in [0, 0.05) is 24.7 Å². The lowest BCUT2D eigenvalue weighted by molar-refractivity contribution is -0.140. The molecular formula is C21H23N5O3. The van der Waals surface area contributed by atoms with Gasteiger partial charge in [-0.2, -0.15) is 5.26 Å². The largest absolute Gasteiger partial charge is 0.507 e. The number of benzene rings is 1. The average Bonchev–Trinajstić information content (AvgIpc) is 2.72. The van der Waals surface area contributed by atoms with Crippen LogP contribution in [0.25, 0.3) is 11.3 Å². The van der Waals surface area contributed by atoms with Crippen molar-refractivity contribution in [2.24, 2.45) is 0 Å². The molecule has 0 amide bonds. The highest BCUT2D eigenvalue weighted by atomic mass is 16.4. The maximum Gasteiger partial charge on any atom is 0.320 e. The number of phenols is 1. The van der Waals surface area contributed by atoms with E-state index in [1.54, 1.807) is 6.07 Å². The normalized spacial score (nSPS) is 21.3. The second-order valence-corrected chi connectivity index (χ2v) is 7.70. The number of phenolic OH excluding ortho intramolecular Hbond substituents is 1. The molecule has 3 N–H and O–H groups in total. The summed E-state index contributed by atoms with van der Waals surface area (Å²) in [4.78, 5) is 13.4. The number of aliphatic carboxylic acids is 1. The smallest absolute Gasteiger partial charge is 0.320 e. The zero-order valence-corrected chi connectivity index (χ0v) is 16.2. The van der Waals surface area contributed by atoms with Gasteiger partial charge in [0.2, 0.25) is 0 Å². The van der Waals surface area contributed by atoms with E-state index in [9.17, 15) is 15.0 Å². The monoisotopic (exact) mass is 393 g/mol. The number of carbonyl (C=O) groups is 1. The van der Waals surface area contributed by atoms with E-state index in [0.29, 0.717) is 29.8 Å². The van der Waals surface area contributed by atoms with E-state index < -0.39 is 12.0 Å². The number of aromatic nitrogens is 2. The van der Waals surface area contributed by atoms with Crippen molar-refractivity contribution < 1.29 is 15.0 Å². The Kier molecular flexibility index (Phi) is 5.07. The van der Waals surface area contributed by atoms with E-state index in [4.69, 9.17) is 5.26 Å². The van der Waals surface area contributed by atoms with Crippen molar-refractivity contribution in [2.75, 3.05) is 18.0 Å². The van der Waals surface area contributed by atoms with Gasteiger partial charge in [0.25, 0.3) is 0 Å². The molecular weight excluding hydrogens is 370 g/mol. The molecule has 4 rings (SSSR count). The Labute approximate surface area is 168 Å². The predicted octanol–water partition coefficient (Wildman–Crippen LogP) is 1.99. The summed E-state index contributed by atoms with van der Waals surface area (Å²) in [6.45, 7) is 3.32. The van der Waals surface area contributed by atoms with Gasteiger partial charge in [-0.1, -0.05) is 0 Å². The number of carboxylic acids is 1. The van der Waals surface area contributed by atoms with Gasteiger partial charge in [-0.3, -0.25) is 4.79 Å². The maximum absolute atomic E-state index is 11.2. The van der Waals surface area contributed by atoms with E-state index >= 15 is 0 Å². The van der Waals surface area contributed by atoms with E-state index in [1.807, 2.05) is 19.1 Å². The van der Waals surface area contributed by atoms with Crippen LogP contribution in [0.3, 0.4) is 0 Å². The number of fused-ring (bicyclic) bond motifs is 1. The lowest BCUT2D eigenvalue weighted by Crippen LogP contribution is -2.53. The lowest BCUT2D eigenvalue weighted by atomic mass is 9.95. The predicted molar refractivity (Wildman–Crippen MR) is 107 cm³/mol. The van der Waals surface area contributed by atoms with Crippen molar-refractivity contribution >= 4 is 11.8 Å². The number of anilines is 1. The van der Waals surface area contributed by atoms with E-state index in [1.165, 1.54) is 6.07 Å². The van der Waals surface area contributed by atoms with Crippen LogP contribution in [0.4, 0.5) is 5.82 Å². The van der Waals surface area contributed by atoms with Crippen LogP contribution in [-0.2, 0) is 11.2 Å². The summed E-state index contributed by atoms with van der Waals surface area (Å²) < 4.78 is 0. The molecule has 2 aromatic rings. The Bertz CT molecular complexity index is 969. The van der Waals surface area contributed by atoms with Crippen molar-refractivity contribution in [3.8, 4) is 23.1 Å². The molecule has 3 heterocycles. The molecule has 29 heavy (non-hydrogen) atoms. The van der Waals surface area contributed by atoms with Crippen molar-refractivity contribution in [3.63, 3.8) is 0 Å². The standard InChI is InChI=1S/C21H23N5O3/c1-12-7-13(10-22)8-18(27)19(12)17-9-14-3-2-6-26(20(14)25-24-17)15-4-5-16(21(28)29)23-11-15/h7-9,15-16,23,27H,2-6,11H2,1H3,(H,28,29). The molecule has 2 atom stereocenters. The van der Waals surface area contributed by atoms with Crippen LogP contribution in [0.5, 0.6) is 5.75 Å². The summed E-state index contributed by atoms with van der Waals surface area (Å²) >= 11 is 0. The summed E-state index contributed by atoms with van der Waals surface area (Å²) in [5.74, 6) is 0.0653. The molecule has 0 saturated carbocycles. The summed E-state index contributed by atoms with van der Waals surface area (Å²) in [6.07, 6.45) is 3.25. The number of hydrogen-bond acceptors (Lipinski definition) is 7. The topological polar surface area (TPSA) is 122 Å². The maximum atomic E-state index is 11.2. The minimum absolute atomic E-state index is 0.0275. The molecule has 2 aliphatic rings. The van der Waals surface area contributed by atoms with Crippen molar-refractivity contribution in [2.45, 2.75) is 44.7 Å². The van der Waals surface area contributed by atoms with Crippen LogP contribution in [0.1, 0.15) is 36.0 Å². The number of nitrogens with zero attached hydrogens (tertiary/aromatic N) is 4. The van der Waals surface area contributed by atoms with Crippen molar-refractivity contribution in [1.29, 1.82) is 5.26 Å². The molecule has 0 spiro atoms. The first-order valence-corrected chi connectivity index (χ1v) is 9.81. The third-order valence-corrected chi connectivity index (χ3v) is 5.80. The number of aryl methyl sites for hydroxylation is 2. The highest BCUT2D eigenvalue weighted by Crippen LogP contribution is 2.35. The molecule has 8 nitrogen and oxygen atoms in total. The molecule has 1 saturated heterocycles. The Morgan fingerprint density at radius 2 is 2.14 bits per heavy atom. The number of rotatable bonds is 3. The van der Waals surface area contributed by atoms with Gasteiger partial charge in [0.05, 0.1) is 17.3 Å². The Hall–Kier alpha value is -3.18. The molecule has 8 heteroatoms. The zero-order chi connectivity index (χ0) is 20.5. The quantitative estimate of drug-likeness (QED) is 0.724. The van der Waals surface area contributed by atoms with Crippen molar-refractivity contribution in [3.05, 3.63) is 34.9 Å². The van der Waals surface area contributed by atoms with Gasteiger partial charge in [0.15, 0.2) is 5.82 Å². The zero-order valence-electron chi connectivity index (χ0n) is 16.2. The number of aromatic hydroxyl groups is 1. The fraction of sp³-hybridized carbons (Fsp3) is 0.429. The van der Waals surface area contributed by atoms with E-state index in [-0.39, 0.29) is 11.8 Å². The first kappa shape index (κ1) is 19.2. The Morgan fingerprint density at radius 1 is 1.31 bits per heavy atom. The molecule has 2 unspecified atom stereocenters. The first-order valence-electron chi connectivity index (χ1n) is 9.81. The molecule has 2 aliphatic heterocycles. The summed E-state index contributed by atoms with van der Waals surface area (Å²) in [6, 6.07) is 6.90. The SMILES string of the molecule is Cc1cc(C#N)cc(O)c1-c1cc2c(nn1)N(C1CCC(C(=O)O)NC1)CCC2.